The Hall–Kier alpha value is -1.84. The molecule has 4 heteroatoms. The summed E-state index contributed by atoms with van der Waals surface area (Å²) < 4.78 is 0. The van der Waals surface area contributed by atoms with Crippen LogP contribution < -0.4 is 0 Å². The van der Waals surface area contributed by atoms with Crippen molar-refractivity contribution in [2.75, 3.05) is 0 Å². The van der Waals surface area contributed by atoms with Crippen LogP contribution in [0.15, 0.2) is 12.1 Å². The van der Waals surface area contributed by atoms with Crippen molar-refractivity contribution in [1.82, 2.24) is 0 Å². The molecular formula is C12H14O4. The summed E-state index contributed by atoms with van der Waals surface area (Å²) in [6, 6.07) is 2.58. The first-order chi connectivity index (χ1) is 7.52. The highest BCUT2D eigenvalue weighted by molar-refractivity contribution is 6.06. The van der Waals surface area contributed by atoms with E-state index in [1.54, 1.807) is 13.8 Å². The van der Waals surface area contributed by atoms with Crippen LogP contribution in [0.25, 0.3) is 0 Å². The zero-order valence-corrected chi connectivity index (χ0v) is 9.28. The number of carbonyl (C=O) groups is 2. The second-order valence-electron chi connectivity index (χ2n) is 3.41. The molecule has 86 valence electrons. The summed E-state index contributed by atoms with van der Waals surface area (Å²) in [5.41, 5.74) is -0.0844. The normalized spacial score (nSPS) is 10.1. The smallest absolute Gasteiger partial charge is 0.170 e. The summed E-state index contributed by atoms with van der Waals surface area (Å²) in [5.74, 6) is -1.36. The molecule has 1 rings (SSSR count). The van der Waals surface area contributed by atoms with Crippen LogP contribution in [0.5, 0.6) is 11.5 Å². The monoisotopic (exact) mass is 222 g/mol. The van der Waals surface area contributed by atoms with Crippen molar-refractivity contribution in [2.24, 2.45) is 0 Å². The number of phenolic OH excluding ortho intramolecular Hbond substituents is 2. The van der Waals surface area contributed by atoms with Gasteiger partial charge in [0.1, 0.15) is 17.1 Å². The maximum atomic E-state index is 11.5. The van der Waals surface area contributed by atoms with Gasteiger partial charge in [0.25, 0.3) is 0 Å². The van der Waals surface area contributed by atoms with E-state index in [4.69, 9.17) is 0 Å². The maximum absolute atomic E-state index is 11.5. The fourth-order valence-electron chi connectivity index (χ4n) is 1.45. The van der Waals surface area contributed by atoms with Crippen LogP contribution in [-0.2, 0) is 0 Å². The van der Waals surface area contributed by atoms with Gasteiger partial charge >= 0.3 is 0 Å². The Morgan fingerprint density at radius 1 is 1.06 bits per heavy atom. The molecule has 0 radical (unpaired) electrons. The van der Waals surface area contributed by atoms with Crippen LogP contribution in [-0.4, -0.2) is 21.8 Å². The summed E-state index contributed by atoms with van der Waals surface area (Å²) in [6.45, 7) is 3.28. The first-order valence-corrected chi connectivity index (χ1v) is 5.14. The molecule has 0 fully saturated rings. The Morgan fingerprint density at radius 3 is 2.12 bits per heavy atom. The zero-order valence-electron chi connectivity index (χ0n) is 9.28. The predicted molar refractivity (Wildman–Crippen MR) is 59.0 cm³/mol. The third-order valence-corrected chi connectivity index (χ3v) is 2.38. The van der Waals surface area contributed by atoms with E-state index in [-0.39, 0.29) is 41.3 Å². The average molecular weight is 222 g/mol. The van der Waals surface area contributed by atoms with Crippen molar-refractivity contribution in [3.8, 4) is 11.5 Å². The summed E-state index contributed by atoms with van der Waals surface area (Å²) in [6.07, 6.45) is 0.392. The topological polar surface area (TPSA) is 74.6 Å². The first kappa shape index (κ1) is 12.2. The second kappa shape index (κ2) is 4.79. The van der Waals surface area contributed by atoms with Gasteiger partial charge in [0.15, 0.2) is 11.6 Å². The lowest BCUT2D eigenvalue weighted by Crippen LogP contribution is -2.03. The van der Waals surface area contributed by atoms with E-state index >= 15 is 0 Å². The molecule has 0 heterocycles. The number of carbonyl (C=O) groups excluding carboxylic acids is 2. The van der Waals surface area contributed by atoms with Crippen molar-refractivity contribution >= 4 is 11.6 Å². The van der Waals surface area contributed by atoms with Gasteiger partial charge in [-0.05, 0) is 12.1 Å². The molecule has 0 atom stereocenters. The Balaban J connectivity index is 3.38. The van der Waals surface area contributed by atoms with E-state index < -0.39 is 5.75 Å². The van der Waals surface area contributed by atoms with Crippen LogP contribution in [0.1, 0.15) is 47.4 Å². The molecule has 0 amide bonds. The van der Waals surface area contributed by atoms with Gasteiger partial charge in [-0.2, -0.15) is 0 Å². The molecule has 0 aliphatic carbocycles. The van der Waals surface area contributed by atoms with Gasteiger partial charge < -0.3 is 10.2 Å². The fourth-order valence-corrected chi connectivity index (χ4v) is 1.45. The zero-order chi connectivity index (χ0) is 12.3. The van der Waals surface area contributed by atoms with E-state index in [1.165, 1.54) is 12.1 Å². The minimum absolute atomic E-state index is 0.0806. The van der Waals surface area contributed by atoms with E-state index in [0.717, 1.165) is 0 Å². The first-order valence-electron chi connectivity index (χ1n) is 5.14. The van der Waals surface area contributed by atoms with Gasteiger partial charge in [0, 0.05) is 12.8 Å². The number of Topliss-reactive ketones (excluding diaryl/α,β-unsaturated/α-hetero) is 2. The van der Waals surface area contributed by atoms with E-state index in [2.05, 4.69) is 0 Å². The molecule has 4 nitrogen and oxygen atoms in total. The lowest BCUT2D eigenvalue weighted by molar-refractivity contribution is 0.0981. The van der Waals surface area contributed by atoms with Crippen LogP contribution >= 0.6 is 0 Å². The summed E-state index contributed by atoms with van der Waals surface area (Å²) >= 11 is 0. The fraction of sp³-hybridized carbons (Fsp3) is 0.333. The molecule has 0 saturated carbocycles. The van der Waals surface area contributed by atoms with Crippen molar-refractivity contribution < 1.29 is 19.8 Å². The predicted octanol–water partition coefficient (Wildman–Crippen LogP) is 2.28. The molecule has 2 N–H and O–H groups in total. The van der Waals surface area contributed by atoms with Gasteiger partial charge in [-0.25, -0.2) is 0 Å². The molecule has 0 spiro atoms. The van der Waals surface area contributed by atoms with Gasteiger partial charge in [0.2, 0.25) is 0 Å². The highest BCUT2D eigenvalue weighted by Crippen LogP contribution is 2.32. The van der Waals surface area contributed by atoms with Crippen LogP contribution in [0.2, 0.25) is 0 Å². The number of ketones is 2. The van der Waals surface area contributed by atoms with Gasteiger partial charge in [-0.1, -0.05) is 13.8 Å². The number of phenols is 2. The minimum Gasteiger partial charge on any atom is -0.507 e. The molecule has 0 bridgehead atoms. The van der Waals surface area contributed by atoms with Crippen LogP contribution in [0.3, 0.4) is 0 Å². The van der Waals surface area contributed by atoms with Gasteiger partial charge in [0.05, 0.1) is 5.56 Å². The van der Waals surface area contributed by atoms with Crippen LogP contribution in [0.4, 0.5) is 0 Å². The van der Waals surface area contributed by atoms with Crippen molar-refractivity contribution in [2.45, 2.75) is 26.7 Å². The minimum atomic E-state index is -0.418. The summed E-state index contributed by atoms with van der Waals surface area (Å²) in [5, 5.41) is 19.3. The third kappa shape index (κ3) is 2.05. The average Bonchev–Trinajstić information content (AvgIpc) is 2.28. The largest absolute Gasteiger partial charge is 0.507 e. The molecule has 1 aromatic carbocycles. The van der Waals surface area contributed by atoms with Gasteiger partial charge in [-0.3, -0.25) is 9.59 Å². The summed E-state index contributed by atoms with van der Waals surface area (Å²) in [7, 11) is 0. The Labute approximate surface area is 93.5 Å². The number of hydrogen-bond acceptors (Lipinski definition) is 4. The highest BCUT2D eigenvalue weighted by atomic mass is 16.3. The molecule has 0 aliphatic heterocycles. The number of benzene rings is 1. The van der Waals surface area contributed by atoms with Crippen LogP contribution in [0, 0.1) is 0 Å². The SMILES string of the molecule is CCC(=O)c1ccc(O)c(C(=O)CC)c1O. The maximum Gasteiger partial charge on any atom is 0.170 e. The Bertz CT molecular complexity index is 435. The molecule has 0 saturated heterocycles. The molecule has 1 aromatic rings. The molecule has 16 heavy (non-hydrogen) atoms. The number of aromatic hydroxyl groups is 2. The second-order valence-corrected chi connectivity index (χ2v) is 3.41. The quantitative estimate of drug-likeness (QED) is 0.766. The molecule has 0 aliphatic rings. The standard InChI is InChI=1S/C12H14O4/c1-3-8(13)7-5-6-10(15)11(12(7)16)9(14)4-2/h5-6,15-16H,3-4H2,1-2H3. The number of rotatable bonds is 4. The highest BCUT2D eigenvalue weighted by Gasteiger charge is 2.20. The van der Waals surface area contributed by atoms with Crippen molar-refractivity contribution in [3.05, 3.63) is 23.3 Å². The molecule has 0 unspecified atom stereocenters. The van der Waals surface area contributed by atoms with E-state index in [0.29, 0.717) is 0 Å². The molecule has 0 aromatic heterocycles. The van der Waals surface area contributed by atoms with E-state index in [1.807, 2.05) is 0 Å². The van der Waals surface area contributed by atoms with Crippen molar-refractivity contribution in [1.29, 1.82) is 0 Å². The molecular weight excluding hydrogens is 208 g/mol. The lowest BCUT2D eigenvalue weighted by Gasteiger charge is -2.08. The third-order valence-electron chi connectivity index (χ3n) is 2.38. The lowest BCUT2D eigenvalue weighted by atomic mass is 9.99. The summed E-state index contributed by atoms with van der Waals surface area (Å²) in [4.78, 5) is 22.9. The Kier molecular flexibility index (Phi) is 3.66. The van der Waals surface area contributed by atoms with E-state index in [9.17, 15) is 19.8 Å². The van der Waals surface area contributed by atoms with Crippen molar-refractivity contribution in [3.63, 3.8) is 0 Å². The Morgan fingerprint density at radius 2 is 1.62 bits per heavy atom. The number of hydrogen-bond donors (Lipinski definition) is 2. The van der Waals surface area contributed by atoms with Gasteiger partial charge in [-0.15, -0.1) is 0 Å².